The number of imidazole rings is 1. The Hall–Kier alpha value is -4.41. The standard InChI is InChI=1S/C30H27N7O2S/c1-18(38)25-6-7-26(40-25)29-28-24(8-9-32-29)33-30(34-28)27-22-15-19(4-5-23(22)35-36-27)20-14-21(17-31-16-20)39-13-12-37-10-2-3-11-37/h4-9,14-17H,2-3,10-13H2,1H3,(H,33,34)(H,35,36). The van der Waals surface area contributed by atoms with Crippen molar-refractivity contribution in [3.8, 4) is 39.0 Å². The summed E-state index contributed by atoms with van der Waals surface area (Å²) in [6.45, 7) is 5.48. The van der Waals surface area contributed by atoms with E-state index in [1.165, 1.54) is 24.2 Å². The smallest absolute Gasteiger partial charge is 0.169 e. The van der Waals surface area contributed by atoms with Crippen LogP contribution in [0, 0.1) is 0 Å². The van der Waals surface area contributed by atoms with Crippen LogP contribution in [0.4, 0.5) is 0 Å². The number of Topliss-reactive ketones (excluding diaryl/α,β-unsaturated/α-hetero) is 1. The van der Waals surface area contributed by atoms with E-state index in [9.17, 15) is 4.79 Å². The number of benzene rings is 1. The van der Waals surface area contributed by atoms with E-state index in [2.05, 4.69) is 42.2 Å². The van der Waals surface area contributed by atoms with E-state index < -0.39 is 0 Å². The Morgan fingerprint density at radius 3 is 2.77 bits per heavy atom. The van der Waals surface area contributed by atoms with E-state index in [0.29, 0.717) is 17.3 Å². The van der Waals surface area contributed by atoms with Crippen molar-refractivity contribution in [3.63, 3.8) is 0 Å². The number of ether oxygens (including phenoxy) is 1. The molecule has 0 saturated carbocycles. The molecular weight excluding hydrogens is 522 g/mol. The van der Waals surface area contributed by atoms with Crippen LogP contribution >= 0.6 is 11.3 Å². The molecule has 0 unspecified atom stereocenters. The number of carbonyl (C=O) groups excluding carboxylic acids is 1. The summed E-state index contributed by atoms with van der Waals surface area (Å²) >= 11 is 1.42. The van der Waals surface area contributed by atoms with Gasteiger partial charge < -0.3 is 9.72 Å². The summed E-state index contributed by atoms with van der Waals surface area (Å²) in [7, 11) is 0. The van der Waals surface area contributed by atoms with Crippen LogP contribution in [0.25, 0.3) is 55.2 Å². The first kappa shape index (κ1) is 24.6. The van der Waals surface area contributed by atoms with Gasteiger partial charge in [0, 0.05) is 29.9 Å². The lowest BCUT2D eigenvalue weighted by Crippen LogP contribution is -2.25. The zero-order valence-corrected chi connectivity index (χ0v) is 22.8. The Morgan fingerprint density at radius 1 is 1.02 bits per heavy atom. The van der Waals surface area contributed by atoms with Crippen LogP contribution in [0.3, 0.4) is 0 Å². The third kappa shape index (κ3) is 4.65. The number of hydrogen-bond acceptors (Lipinski definition) is 8. The molecular formula is C30H27N7O2S. The van der Waals surface area contributed by atoms with Gasteiger partial charge >= 0.3 is 0 Å². The summed E-state index contributed by atoms with van der Waals surface area (Å²) in [6.07, 6.45) is 7.92. The number of nitrogens with one attached hydrogen (secondary N) is 2. The van der Waals surface area contributed by atoms with Crippen molar-refractivity contribution in [1.29, 1.82) is 0 Å². The van der Waals surface area contributed by atoms with Crippen molar-refractivity contribution in [2.45, 2.75) is 19.8 Å². The first-order chi connectivity index (χ1) is 19.6. The Morgan fingerprint density at radius 2 is 1.93 bits per heavy atom. The summed E-state index contributed by atoms with van der Waals surface area (Å²) in [5, 5.41) is 8.67. The third-order valence-corrected chi connectivity index (χ3v) is 8.49. The van der Waals surface area contributed by atoms with Gasteiger partial charge in [-0.3, -0.25) is 24.8 Å². The summed E-state index contributed by atoms with van der Waals surface area (Å²) in [4.78, 5) is 33.2. The van der Waals surface area contributed by atoms with Crippen molar-refractivity contribution in [1.82, 2.24) is 35.0 Å². The number of ketones is 1. The predicted molar refractivity (Wildman–Crippen MR) is 157 cm³/mol. The van der Waals surface area contributed by atoms with Crippen LogP contribution in [0.1, 0.15) is 29.4 Å². The molecule has 1 aromatic carbocycles. The summed E-state index contributed by atoms with van der Waals surface area (Å²) in [6, 6.07) is 13.9. The Labute approximate surface area is 234 Å². The Balaban J connectivity index is 1.20. The first-order valence-corrected chi connectivity index (χ1v) is 14.2. The minimum Gasteiger partial charge on any atom is -0.491 e. The fraction of sp³-hybridized carbons (Fsp3) is 0.233. The van der Waals surface area contributed by atoms with Crippen LogP contribution in [0.15, 0.2) is 61.1 Å². The molecule has 7 rings (SSSR count). The molecule has 0 radical (unpaired) electrons. The monoisotopic (exact) mass is 549 g/mol. The molecule has 1 aliphatic rings. The second-order valence-electron chi connectivity index (χ2n) is 10.0. The van der Waals surface area contributed by atoms with Gasteiger partial charge in [0.1, 0.15) is 29.3 Å². The van der Waals surface area contributed by atoms with Gasteiger partial charge in [0.25, 0.3) is 0 Å². The van der Waals surface area contributed by atoms with Crippen molar-refractivity contribution in [2.75, 3.05) is 26.2 Å². The van der Waals surface area contributed by atoms with Crippen LogP contribution in [-0.4, -0.2) is 67.1 Å². The molecule has 40 heavy (non-hydrogen) atoms. The molecule has 5 aromatic heterocycles. The zero-order chi connectivity index (χ0) is 27.1. The second-order valence-corrected chi connectivity index (χ2v) is 11.1. The number of aromatic amines is 2. The predicted octanol–water partition coefficient (Wildman–Crippen LogP) is 5.97. The lowest BCUT2D eigenvalue weighted by atomic mass is 10.0. The molecule has 1 aliphatic heterocycles. The lowest BCUT2D eigenvalue weighted by Gasteiger charge is -2.15. The normalized spacial score (nSPS) is 13.9. The molecule has 10 heteroatoms. The SMILES string of the molecule is CC(=O)c1ccc(-c2nccc3[nH]c(-c4n[nH]c5ccc(-c6cncc(OCCN7CCCC7)c6)cc45)nc23)s1. The van der Waals surface area contributed by atoms with Gasteiger partial charge in [0.2, 0.25) is 0 Å². The van der Waals surface area contributed by atoms with Gasteiger partial charge in [-0.25, -0.2) is 4.98 Å². The van der Waals surface area contributed by atoms with Gasteiger partial charge in [0.05, 0.1) is 27.0 Å². The molecule has 1 fully saturated rings. The van der Waals surface area contributed by atoms with Gasteiger partial charge in [-0.15, -0.1) is 11.3 Å². The van der Waals surface area contributed by atoms with Crippen LogP contribution in [0.5, 0.6) is 5.75 Å². The molecule has 6 heterocycles. The van der Waals surface area contributed by atoms with Crippen molar-refractivity contribution < 1.29 is 9.53 Å². The molecule has 0 aliphatic carbocycles. The maximum Gasteiger partial charge on any atom is 0.169 e. The van der Waals surface area contributed by atoms with Crippen LogP contribution < -0.4 is 4.74 Å². The average molecular weight is 550 g/mol. The van der Waals surface area contributed by atoms with E-state index in [4.69, 9.17) is 9.72 Å². The highest BCUT2D eigenvalue weighted by atomic mass is 32.1. The zero-order valence-electron chi connectivity index (χ0n) is 22.0. The molecule has 6 aromatic rings. The van der Waals surface area contributed by atoms with Crippen molar-refractivity contribution in [2.24, 2.45) is 0 Å². The van der Waals surface area contributed by atoms with E-state index >= 15 is 0 Å². The van der Waals surface area contributed by atoms with Crippen LogP contribution in [-0.2, 0) is 0 Å². The minimum atomic E-state index is 0.0410. The average Bonchev–Trinajstić information content (AvgIpc) is 3.78. The van der Waals surface area contributed by atoms with Gasteiger partial charge in [0.15, 0.2) is 11.6 Å². The number of likely N-dealkylation sites (tertiary alicyclic amines) is 1. The molecule has 1 saturated heterocycles. The van der Waals surface area contributed by atoms with Crippen molar-refractivity contribution in [3.05, 3.63) is 65.9 Å². The van der Waals surface area contributed by atoms with Gasteiger partial charge in [-0.2, -0.15) is 5.10 Å². The number of rotatable bonds is 8. The summed E-state index contributed by atoms with van der Waals surface area (Å²) in [5.41, 5.74) is 5.96. The molecule has 0 bridgehead atoms. The number of fused-ring (bicyclic) bond motifs is 2. The number of pyridine rings is 2. The largest absolute Gasteiger partial charge is 0.491 e. The Bertz CT molecular complexity index is 1850. The molecule has 0 amide bonds. The maximum absolute atomic E-state index is 11.8. The highest BCUT2D eigenvalue weighted by molar-refractivity contribution is 7.17. The van der Waals surface area contributed by atoms with E-state index in [0.717, 1.165) is 74.7 Å². The maximum atomic E-state index is 11.8. The quantitative estimate of drug-likeness (QED) is 0.225. The molecule has 0 atom stereocenters. The van der Waals surface area contributed by atoms with Gasteiger partial charge in [-0.1, -0.05) is 6.07 Å². The van der Waals surface area contributed by atoms with Crippen molar-refractivity contribution >= 4 is 39.1 Å². The van der Waals surface area contributed by atoms with E-state index in [1.54, 1.807) is 19.3 Å². The van der Waals surface area contributed by atoms with Crippen LogP contribution in [0.2, 0.25) is 0 Å². The fourth-order valence-electron chi connectivity index (χ4n) is 5.21. The molecule has 0 spiro atoms. The number of nitrogens with zero attached hydrogens (tertiary/aromatic N) is 5. The molecule has 9 nitrogen and oxygen atoms in total. The number of carbonyl (C=O) groups is 1. The number of hydrogen-bond donors (Lipinski definition) is 2. The summed E-state index contributed by atoms with van der Waals surface area (Å²) < 4.78 is 6.03. The second kappa shape index (κ2) is 10.3. The van der Waals surface area contributed by atoms with E-state index in [-0.39, 0.29) is 5.78 Å². The Kier molecular flexibility index (Phi) is 6.33. The summed E-state index contributed by atoms with van der Waals surface area (Å²) in [5.74, 6) is 1.45. The first-order valence-electron chi connectivity index (χ1n) is 13.4. The fourth-order valence-corrected chi connectivity index (χ4v) is 6.11. The highest BCUT2D eigenvalue weighted by Gasteiger charge is 2.18. The molecule has 2 N–H and O–H groups in total. The number of thiophene rings is 1. The van der Waals surface area contributed by atoms with E-state index in [1.807, 2.05) is 36.5 Å². The van der Waals surface area contributed by atoms with Gasteiger partial charge in [-0.05, 0) is 74.8 Å². The topological polar surface area (TPSA) is 113 Å². The highest BCUT2D eigenvalue weighted by Crippen LogP contribution is 2.35. The number of aromatic nitrogens is 6. The lowest BCUT2D eigenvalue weighted by molar-refractivity contribution is 0.102. The number of H-pyrrole nitrogens is 2. The minimum absolute atomic E-state index is 0.0410. The third-order valence-electron chi connectivity index (χ3n) is 7.30. The molecule has 200 valence electrons.